The number of carbonyl (C=O) groups excluding carboxylic acids is 1. The predicted molar refractivity (Wildman–Crippen MR) is 79.3 cm³/mol. The number of halogens is 1. The molecule has 98 valence electrons. The number of nitrogens with one attached hydrogen (secondary N) is 1. The monoisotopic (exact) mass is 275 g/mol. The average Bonchev–Trinajstić information content (AvgIpc) is 2.36. The maximum Gasteiger partial charge on any atom is 0.228 e. The van der Waals surface area contributed by atoms with E-state index >= 15 is 0 Å². The fraction of sp³-hybridized carbons (Fsp3) is 0.133. The molecule has 0 aliphatic carbocycles. The summed E-state index contributed by atoms with van der Waals surface area (Å²) in [5.41, 5.74) is 2.71. The number of hydrogen-bond donors (Lipinski definition) is 1. The lowest BCUT2D eigenvalue weighted by atomic mass is 10.1. The molecule has 0 aliphatic rings. The molecule has 2 rings (SSSR count). The van der Waals surface area contributed by atoms with E-state index in [0.29, 0.717) is 5.30 Å². The number of benzene rings is 2. The molecule has 0 bridgehead atoms. The Balaban J connectivity index is 2.03. The van der Waals surface area contributed by atoms with Crippen molar-refractivity contribution in [1.29, 1.82) is 0 Å². The van der Waals surface area contributed by atoms with E-state index in [1.54, 1.807) is 6.07 Å². The summed E-state index contributed by atoms with van der Waals surface area (Å²) in [5.74, 6) is -0.410. The number of amides is 1. The second kappa shape index (κ2) is 5.94. The molecule has 4 heteroatoms. The molecule has 0 saturated carbocycles. The van der Waals surface area contributed by atoms with Gasteiger partial charge >= 0.3 is 0 Å². The van der Waals surface area contributed by atoms with Crippen LogP contribution in [0.4, 0.5) is 10.1 Å². The normalized spacial score (nSPS) is 10.3. The van der Waals surface area contributed by atoms with Gasteiger partial charge in [0.2, 0.25) is 5.91 Å². The Morgan fingerprint density at radius 1 is 1.21 bits per heavy atom. The largest absolute Gasteiger partial charge is 0.326 e. The first-order valence-electron chi connectivity index (χ1n) is 5.95. The number of hydrogen-bond acceptors (Lipinski definition) is 1. The zero-order chi connectivity index (χ0) is 13.8. The highest BCUT2D eigenvalue weighted by Crippen LogP contribution is 2.10. The van der Waals surface area contributed by atoms with Crippen LogP contribution < -0.4 is 10.6 Å². The molecule has 1 unspecified atom stereocenters. The first-order chi connectivity index (χ1) is 9.04. The molecule has 0 aromatic heterocycles. The molecule has 1 amide bonds. The summed E-state index contributed by atoms with van der Waals surface area (Å²) in [4.78, 5) is 11.9. The second-order valence-electron chi connectivity index (χ2n) is 4.43. The maximum atomic E-state index is 13.0. The quantitative estimate of drug-likeness (QED) is 0.857. The molecule has 0 saturated heterocycles. The number of carbonyl (C=O) groups is 1. The Morgan fingerprint density at radius 3 is 2.53 bits per heavy atom. The van der Waals surface area contributed by atoms with E-state index in [0.717, 1.165) is 16.8 Å². The molecule has 19 heavy (non-hydrogen) atoms. The van der Waals surface area contributed by atoms with Crippen LogP contribution in [0.5, 0.6) is 0 Å². The van der Waals surface area contributed by atoms with Crippen LogP contribution in [0.25, 0.3) is 0 Å². The third kappa shape index (κ3) is 3.87. The number of anilines is 1. The lowest BCUT2D eigenvalue weighted by Crippen LogP contribution is -2.17. The van der Waals surface area contributed by atoms with Crippen molar-refractivity contribution in [2.24, 2.45) is 0 Å². The smallest absolute Gasteiger partial charge is 0.228 e. The molecule has 2 aromatic carbocycles. The van der Waals surface area contributed by atoms with Crippen LogP contribution in [0.15, 0.2) is 42.5 Å². The second-order valence-corrected chi connectivity index (χ2v) is 5.06. The fourth-order valence-corrected chi connectivity index (χ4v) is 2.10. The van der Waals surface area contributed by atoms with Gasteiger partial charge in [-0.25, -0.2) is 4.39 Å². The number of aryl methyl sites for hydroxylation is 1. The molecule has 0 spiro atoms. The summed E-state index contributed by atoms with van der Waals surface area (Å²) < 4.78 is 13.0. The van der Waals surface area contributed by atoms with Gasteiger partial charge in [0.25, 0.3) is 0 Å². The molecular weight excluding hydrogens is 260 g/mol. The minimum Gasteiger partial charge on any atom is -0.326 e. The van der Waals surface area contributed by atoms with Crippen molar-refractivity contribution < 1.29 is 9.18 Å². The maximum absolute atomic E-state index is 13.0. The van der Waals surface area contributed by atoms with E-state index in [1.807, 2.05) is 31.2 Å². The molecule has 1 N–H and O–H groups in total. The molecule has 0 heterocycles. The van der Waals surface area contributed by atoms with Gasteiger partial charge in [-0.1, -0.05) is 23.8 Å². The van der Waals surface area contributed by atoms with Crippen LogP contribution in [0.1, 0.15) is 11.1 Å². The standard InChI is InChI=1S/C15H15FNOP/c1-10-2-6-13(7-3-10)17-15(18)8-11-4-5-12(16)9-14(11)19/h2-7,9H,8,19H2,1H3,(H,17,18). The van der Waals surface area contributed by atoms with Gasteiger partial charge in [0.05, 0.1) is 6.42 Å². The van der Waals surface area contributed by atoms with Gasteiger partial charge < -0.3 is 5.32 Å². The highest BCUT2D eigenvalue weighted by atomic mass is 31.0. The van der Waals surface area contributed by atoms with Crippen molar-refractivity contribution in [2.75, 3.05) is 5.32 Å². The van der Waals surface area contributed by atoms with Crippen LogP contribution in [0.2, 0.25) is 0 Å². The van der Waals surface area contributed by atoms with Gasteiger partial charge in [-0.2, -0.15) is 0 Å². The van der Waals surface area contributed by atoms with Crippen molar-refractivity contribution in [2.45, 2.75) is 13.3 Å². The van der Waals surface area contributed by atoms with E-state index in [9.17, 15) is 9.18 Å². The van der Waals surface area contributed by atoms with Crippen LogP contribution in [0, 0.1) is 12.7 Å². The van der Waals surface area contributed by atoms with E-state index < -0.39 is 0 Å². The molecule has 2 aromatic rings. The first kappa shape index (κ1) is 13.7. The van der Waals surface area contributed by atoms with Crippen molar-refractivity contribution in [3.63, 3.8) is 0 Å². The Hall–Kier alpha value is -1.73. The van der Waals surface area contributed by atoms with Gasteiger partial charge in [0.15, 0.2) is 0 Å². The van der Waals surface area contributed by atoms with Gasteiger partial charge in [-0.3, -0.25) is 4.79 Å². The summed E-state index contributed by atoms with van der Waals surface area (Å²) >= 11 is 0. The molecular formula is C15H15FNOP. The van der Waals surface area contributed by atoms with Crippen molar-refractivity contribution in [3.8, 4) is 0 Å². The minimum atomic E-state index is -0.298. The Kier molecular flexibility index (Phi) is 4.28. The summed E-state index contributed by atoms with van der Waals surface area (Å²) in [6.07, 6.45) is 0.229. The Labute approximate surface area is 114 Å². The molecule has 2 nitrogen and oxygen atoms in total. The number of rotatable bonds is 3. The van der Waals surface area contributed by atoms with E-state index in [4.69, 9.17) is 0 Å². The predicted octanol–water partition coefficient (Wildman–Crippen LogP) is 2.82. The van der Waals surface area contributed by atoms with Gasteiger partial charge in [-0.05, 0) is 42.1 Å². The highest BCUT2D eigenvalue weighted by molar-refractivity contribution is 7.27. The molecule has 1 atom stereocenters. The van der Waals surface area contributed by atoms with Crippen LogP contribution in [-0.2, 0) is 11.2 Å². The lowest BCUT2D eigenvalue weighted by Gasteiger charge is -2.07. The van der Waals surface area contributed by atoms with Crippen molar-refractivity contribution in [1.82, 2.24) is 0 Å². The summed E-state index contributed by atoms with van der Waals surface area (Å²) in [6.45, 7) is 1.99. The van der Waals surface area contributed by atoms with E-state index in [-0.39, 0.29) is 18.1 Å². The van der Waals surface area contributed by atoms with Crippen LogP contribution >= 0.6 is 9.24 Å². The zero-order valence-electron chi connectivity index (χ0n) is 10.6. The third-order valence-corrected chi connectivity index (χ3v) is 3.33. The topological polar surface area (TPSA) is 29.1 Å². The fourth-order valence-electron chi connectivity index (χ4n) is 1.74. The van der Waals surface area contributed by atoms with Gasteiger partial charge in [0, 0.05) is 5.69 Å². The van der Waals surface area contributed by atoms with Gasteiger partial charge in [-0.15, -0.1) is 9.24 Å². The summed E-state index contributed by atoms with van der Waals surface area (Å²) in [7, 11) is 2.45. The lowest BCUT2D eigenvalue weighted by molar-refractivity contribution is -0.115. The van der Waals surface area contributed by atoms with Crippen LogP contribution in [0.3, 0.4) is 0 Å². The Bertz CT molecular complexity index is 596. The minimum absolute atomic E-state index is 0.112. The molecule has 0 fully saturated rings. The van der Waals surface area contributed by atoms with Gasteiger partial charge in [0.1, 0.15) is 5.82 Å². The molecule has 0 aliphatic heterocycles. The van der Waals surface area contributed by atoms with Crippen molar-refractivity contribution in [3.05, 3.63) is 59.4 Å². The highest BCUT2D eigenvalue weighted by Gasteiger charge is 2.07. The third-order valence-electron chi connectivity index (χ3n) is 2.79. The Morgan fingerprint density at radius 2 is 1.89 bits per heavy atom. The van der Waals surface area contributed by atoms with E-state index in [2.05, 4.69) is 14.6 Å². The summed E-state index contributed by atoms with van der Waals surface area (Å²) in [6, 6.07) is 12.0. The SMILES string of the molecule is Cc1ccc(NC(=O)Cc2ccc(F)cc2P)cc1. The summed E-state index contributed by atoms with van der Waals surface area (Å²) in [5, 5.41) is 3.52. The zero-order valence-corrected chi connectivity index (χ0v) is 11.8. The molecule has 0 radical (unpaired) electrons. The van der Waals surface area contributed by atoms with E-state index in [1.165, 1.54) is 12.1 Å². The average molecular weight is 275 g/mol. The van der Waals surface area contributed by atoms with Crippen molar-refractivity contribution >= 4 is 26.1 Å². The first-order valence-corrected chi connectivity index (χ1v) is 6.53. The van der Waals surface area contributed by atoms with Crippen LogP contribution in [-0.4, -0.2) is 5.91 Å².